The number of rotatable bonds is 6. The molecule has 0 saturated carbocycles. The third kappa shape index (κ3) is 4.18. The Bertz CT molecular complexity index is 494. The Morgan fingerprint density at radius 3 is 2.68 bits per heavy atom. The highest BCUT2D eigenvalue weighted by molar-refractivity contribution is 5.21. The Morgan fingerprint density at radius 2 is 1.95 bits per heavy atom. The molecule has 100 valence electrons. The zero-order chi connectivity index (χ0) is 13.5. The van der Waals surface area contributed by atoms with E-state index in [0.29, 0.717) is 5.92 Å². The van der Waals surface area contributed by atoms with Gasteiger partial charge in [-0.2, -0.15) is 0 Å². The summed E-state index contributed by atoms with van der Waals surface area (Å²) in [4.78, 5) is 4.11. The van der Waals surface area contributed by atoms with E-state index in [2.05, 4.69) is 60.5 Å². The van der Waals surface area contributed by atoms with Crippen LogP contribution in [0.3, 0.4) is 0 Å². The number of hydrogen-bond acceptors (Lipinski definition) is 2. The normalized spacial score (nSPS) is 12.3. The van der Waals surface area contributed by atoms with Crippen LogP contribution in [0.5, 0.6) is 0 Å². The first-order chi connectivity index (χ1) is 9.27. The average molecular weight is 254 g/mol. The van der Waals surface area contributed by atoms with Crippen LogP contribution in [0.15, 0.2) is 48.8 Å². The Hall–Kier alpha value is -1.67. The molecule has 1 unspecified atom stereocenters. The number of pyridine rings is 1. The topological polar surface area (TPSA) is 24.9 Å². The first-order valence-electron chi connectivity index (χ1n) is 6.92. The number of benzene rings is 1. The van der Waals surface area contributed by atoms with Crippen LogP contribution in [0.25, 0.3) is 0 Å². The van der Waals surface area contributed by atoms with Crippen LogP contribution in [0.1, 0.15) is 36.0 Å². The highest BCUT2D eigenvalue weighted by atomic mass is 14.8. The van der Waals surface area contributed by atoms with Crippen molar-refractivity contribution in [2.75, 3.05) is 6.54 Å². The van der Waals surface area contributed by atoms with Crippen LogP contribution in [-0.2, 0) is 6.54 Å². The van der Waals surface area contributed by atoms with Gasteiger partial charge in [-0.15, -0.1) is 0 Å². The van der Waals surface area contributed by atoms with Gasteiger partial charge in [0.25, 0.3) is 0 Å². The quantitative estimate of drug-likeness (QED) is 0.796. The van der Waals surface area contributed by atoms with E-state index in [-0.39, 0.29) is 0 Å². The summed E-state index contributed by atoms with van der Waals surface area (Å²) in [7, 11) is 0. The molecule has 2 heteroatoms. The summed E-state index contributed by atoms with van der Waals surface area (Å²) >= 11 is 0. The molecule has 1 heterocycles. The molecule has 1 aromatic carbocycles. The molecule has 19 heavy (non-hydrogen) atoms. The molecule has 0 saturated heterocycles. The van der Waals surface area contributed by atoms with E-state index in [1.807, 2.05) is 12.4 Å². The lowest BCUT2D eigenvalue weighted by Crippen LogP contribution is -2.17. The number of aryl methyl sites for hydroxylation is 1. The van der Waals surface area contributed by atoms with E-state index in [1.165, 1.54) is 16.7 Å². The molecule has 1 atom stereocenters. The van der Waals surface area contributed by atoms with E-state index < -0.39 is 0 Å². The van der Waals surface area contributed by atoms with E-state index >= 15 is 0 Å². The largest absolute Gasteiger partial charge is 0.313 e. The van der Waals surface area contributed by atoms with Gasteiger partial charge >= 0.3 is 0 Å². The molecule has 0 bridgehead atoms. The van der Waals surface area contributed by atoms with Gasteiger partial charge in [0.1, 0.15) is 0 Å². The van der Waals surface area contributed by atoms with Crippen molar-refractivity contribution in [2.24, 2.45) is 0 Å². The summed E-state index contributed by atoms with van der Waals surface area (Å²) in [6.45, 7) is 6.36. The second-order valence-corrected chi connectivity index (χ2v) is 5.08. The number of nitrogens with zero attached hydrogens (tertiary/aromatic N) is 1. The molecular formula is C17H22N2. The number of hydrogen-bond donors (Lipinski definition) is 1. The fourth-order valence-electron chi connectivity index (χ4n) is 2.19. The minimum Gasteiger partial charge on any atom is -0.313 e. The van der Waals surface area contributed by atoms with Gasteiger partial charge in [0.15, 0.2) is 0 Å². The fourth-order valence-corrected chi connectivity index (χ4v) is 2.19. The molecule has 1 N–H and O–H groups in total. The summed E-state index contributed by atoms with van der Waals surface area (Å²) in [6, 6.07) is 12.8. The molecule has 1 aromatic heterocycles. The first kappa shape index (κ1) is 13.8. The van der Waals surface area contributed by atoms with Crippen molar-refractivity contribution >= 4 is 0 Å². The summed E-state index contributed by atoms with van der Waals surface area (Å²) in [5.74, 6) is 0.604. The molecule has 2 rings (SSSR count). The van der Waals surface area contributed by atoms with Gasteiger partial charge in [-0.1, -0.05) is 37.3 Å². The van der Waals surface area contributed by atoms with E-state index in [1.54, 1.807) is 0 Å². The second-order valence-electron chi connectivity index (χ2n) is 5.08. The maximum absolute atomic E-state index is 4.11. The summed E-state index contributed by atoms with van der Waals surface area (Å²) in [5.41, 5.74) is 4.01. The smallest absolute Gasteiger partial charge is 0.0300 e. The summed E-state index contributed by atoms with van der Waals surface area (Å²) < 4.78 is 0. The molecule has 0 aliphatic rings. The predicted molar refractivity (Wildman–Crippen MR) is 80.2 cm³/mol. The van der Waals surface area contributed by atoms with E-state index in [4.69, 9.17) is 0 Å². The third-order valence-electron chi connectivity index (χ3n) is 3.57. The van der Waals surface area contributed by atoms with Crippen molar-refractivity contribution in [2.45, 2.75) is 32.7 Å². The van der Waals surface area contributed by atoms with Crippen LogP contribution in [0.2, 0.25) is 0 Å². The fraction of sp³-hybridized carbons (Fsp3) is 0.353. The molecular weight excluding hydrogens is 232 g/mol. The van der Waals surface area contributed by atoms with Gasteiger partial charge in [-0.25, -0.2) is 0 Å². The monoisotopic (exact) mass is 254 g/mol. The number of nitrogens with one attached hydrogen (secondary N) is 1. The van der Waals surface area contributed by atoms with E-state index in [0.717, 1.165) is 19.5 Å². The highest BCUT2D eigenvalue weighted by Gasteiger charge is 2.04. The van der Waals surface area contributed by atoms with Gasteiger partial charge in [-0.05, 0) is 48.6 Å². The van der Waals surface area contributed by atoms with Crippen LogP contribution >= 0.6 is 0 Å². The summed E-state index contributed by atoms with van der Waals surface area (Å²) in [5, 5.41) is 3.52. The Kier molecular flexibility index (Phi) is 5.10. The molecule has 0 amide bonds. The molecule has 0 radical (unpaired) electrons. The SMILES string of the molecule is Cc1cnccc1CNCCC(C)c1ccccc1. The number of aromatic nitrogens is 1. The highest BCUT2D eigenvalue weighted by Crippen LogP contribution is 2.17. The Morgan fingerprint density at radius 1 is 1.16 bits per heavy atom. The molecule has 0 spiro atoms. The van der Waals surface area contributed by atoms with Gasteiger partial charge in [0.05, 0.1) is 0 Å². The van der Waals surface area contributed by atoms with Crippen LogP contribution < -0.4 is 5.32 Å². The lowest BCUT2D eigenvalue weighted by atomic mass is 9.98. The molecule has 0 fully saturated rings. The van der Waals surface area contributed by atoms with Gasteiger partial charge in [-0.3, -0.25) is 4.98 Å². The Labute approximate surface area is 115 Å². The van der Waals surface area contributed by atoms with Crippen molar-refractivity contribution in [3.8, 4) is 0 Å². The Balaban J connectivity index is 1.74. The van der Waals surface area contributed by atoms with Crippen molar-refractivity contribution in [1.82, 2.24) is 10.3 Å². The van der Waals surface area contributed by atoms with Crippen LogP contribution in [-0.4, -0.2) is 11.5 Å². The average Bonchev–Trinajstić information content (AvgIpc) is 2.46. The zero-order valence-corrected chi connectivity index (χ0v) is 11.8. The second kappa shape index (κ2) is 7.05. The summed E-state index contributed by atoms with van der Waals surface area (Å²) in [6.07, 6.45) is 4.94. The van der Waals surface area contributed by atoms with Gasteiger partial charge in [0.2, 0.25) is 0 Å². The minimum absolute atomic E-state index is 0.604. The van der Waals surface area contributed by atoms with E-state index in [9.17, 15) is 0 Å². The molecule has 2 aromatic rings. The lowest BCUT2D eigenvalue weighted by Gasteiger charge is -2.13. The van der Waals surface area contributed by atoms with Crippen LogP contribution in [0, 0.1) is 6.92 Å². The lowest BCUT2D eigenvalue weighted by molar-refractivity contribution is 0.593. The minimum atomic E-state index is 0.604. The van der Waals surface area contributed by atoms with Crippen LogP contribution in [0.4, 0.5) is 0 Å². The maximum atomic E-state index is 4.11. The third-order valence-corrected chi connectivity index (χ3v) is 3.57. The van der Waals surface area contributed by atoms with Crippen molar-refractivity contribution in [3.05, 3.63) is 65.5 Å². The molecule has 0 aliphatic heterocycles. The van der Waals surface area contributed by atoms with Gasteiger partial charge < -0.3 is 5.32 Å². The standard InChI is InChI=1S/C17H22N2/c1-14(16-6-4-3-5-7-16)8-10-19-13-17-9-11-18-12-15(17)2/h3-7,9,11-12,14,19H,8,10,13H2,1-2H3. The van der Waals surface area contributed by atoms with Gasteiger partial charge in [0, 0.05) is 18.9 Å². The predicted octanol–water partition coefficient (Wildman–Crippen LogP) is 3.67. The van der Waals surface area contributed by atoms with Crippen molar-refractivity contribution < 1.29 is 0 Å². The first-order valence-corrected chi connectivity index (χ1v) is 6.92. The molecule has 2 nitrogen and oxygen atoms in total. The maximum Gasteiger partial charge on any atom is 0.0300 e. The van der Waals surface area contributed by atoms with Crippen molar-refractivity contribution in [1.29, 1.82) is 0 Å². The van der Waals surface area contributed by atoms with Crippen molar-refractivity contribution in [3.63, 3.8) is 0 Å². The molecule has 0 aliphatic carbocycles. The zero-order valence-electron chi connectivity index (χ0n) is 11.8.